The van der Waals surface area contributed by atoms with Crippen LogP contribution in [0.1, 0.15) is 22.8 Å². The van der Waals surface area contributed by atoms with E-state index in [2.05, 4.69) is 10.6 Å². The number of benzene rings is 2. The Labute approximate surface area is 148 Å². The molecule has 0 saturated carbocycles. The molecule has 0 aliphatic carbocycles. The van der Waals surface area contributed by atoms with Gasteiger partial charge in [-0.1, -0.05) is 24.3 Å². The number of rotatable bonds is 6. The summed E-state index contributed by atoms with van der Waals surface area (Å²) in [6.07, 6.45) is -4.59. The summed E-state index contributed by atoms with van der Waals surface area (Å²) in [5, 5.41) is 5.08. The van der Waals surface area contributed by atoms with Crippen molar-refractivity contribution in [1.82, 2.24) is 5.32 Å². The van der Waals surface area contributed by atoms with Crippen LogP contribution < -0.4 is 15.4 Å². The van der Waals surface area contributed by atoms with Crippen molar-refractivity contribution in [3.63, 3.8) is 0 Å². The lowest BCUT2D eigenvalue weighted by Gasteiger charge is -2.14. The summed E-state index contributed by atoms with van der Waals surface area (Å²) in [6, 6.07) is 10.9. The van der Waals surface area contributed by atoms with E-state index in [1.54, 1.807) is 19.1 Å². The van der Waals surface area contributed by atoms with Gasteiger partial charge in [-0.05, 0) is 31.2 Å². The van der Waals surface area contributed by atoms with E-state index in [-0.39, 0.29) is 17.2 Å². The third-order valence-corrected chi connectivity index (χ3v) is 3.33. The van der Waals surface area contributed by atoms with Gasteiger partial charge >= 0.3 is 6.18 Å². The van der Waals surface area contributed by atoms with Crippen LogP contribution >= 0.6 is 0 Å². The molecule has 2 aromatic rings. The van der Waals surface area contributed by atoms with Crippen molar-refractivity contribution in [1.29, 1.82) is 0 Å². The Kier molecular flexibility index (Phi) is 6.21. The van der Waals surface area contributed by atoms with E-state index >= 15 is 0 Å². The van der Waals surface area contributed by atoms with E-state index in [0.29, 0.717) is 6.54 Å². The minimum atomic E-state index is -4.59. The molecule has 2 amide bonds. The van der Waals surface area contributed by atoms with Crippen molar-refractivity contribution < 1.29 is 27.5 Å². The van der Waals surface area contributed by atoms with E-state index in [0.717, 1.165) is 12.1 Å². The molecule has 5 nitrogen and oxygen atoms in total. The van der Waals surface area contributed by atoms with Crippen molar-refractivity contribution >= 4 is 17.5 Å². The zero-order valence-corrected chi connectivity index (χ0v) is 13.9. The molecule has 2 rings (SSSR count). The highest BCUT2D eigenvalue weighted by Crippen LogP contribution is 2.35. The molecule has 8 heteroatoms. The maximum Gasteiger partial charge on any atom is 0.419 e. The molecule has 0 fully saturated rings. The zero-order chi connectivity index (χ0) is 19.2. The predicted octanol–water partition coefficient (Wildman–Crippen LogP) is 3.47. The van der Waals surface area contributed by atoms with Crippen LogP contribution in [0.25, 0.3) is 0 Å². The maximum atomic E-state index is 12.9. The number of halogens is 3. The number of hydrogen-bond donors (Lipinski definition) is 2. The molecule has 138 valence electrons. The van der Waals surface area contributed by atoms with Crippen LogP contribution in [0.2, 0.25) is 0 Å². The smallest absolute Gasteiger partial charge is 0.419 e. The molecule has 0 aliphatic heterocycles. The fourth-order valence-corrected chi connectivity index (χ4v) is 2.20. The standard InChI is InChI=1S/C18H17F3N2O3/c1-2-22-17(25)12-7-3-5-9-14(12)23-16(24)11-26-15-10-6-4-8-13(15)18(19,20)21/h3-10H,2,11H2,1H3,(H,22,25)(H,23,24). The summed E-state index contributed by atoms with van der Waals surface area (Å²) in [4.78, 5) is 24.0. The van der Waals surface area contributed by atoms with Crippen LogP contribution in [0.15, 0.2) is 48.5 Å². The van der Waals surface area contributed by atoms with Crippen molar-refractivity contribution in [2.45, 2.75) is 13.1 Å². The normalized spacial score (nSPS) is 10.9. The summed E-state index contributed by atoms with van der Waals surface area (Å²) in [5.41, 5.74) is -0.468. The first-order valence-electron chi connectivity index (χ1n) is 7.79. The van der Waals surface area contributed by atoms with Crippen LogP contribution in [-0.2, 0) is 11.0 Å². The average Bonchev–Trinajstić information content (AvgIpc) is 2.60. The molecule has 0 bridgehead atoms. The van der Waals surface area contributed by atoms with Gasteiger partial charge in [-0.25, -0.2) is 0 Å². The quantitative estimate of drug-likeness (QED) is 0.823. The second-order valence-electron chi connectivity index (χ2n) is 5.24. The second kappa shape index (κ2) is 8.37. The zero-order valence-electron chi connectivity index (χ0n) is 13.9. The van der Waals surface area contributed by atoms with Crippen LogP contribution in [0.5, 0.6) is 5.75 Å². The minimum absolute atomic E-state index is 0.246. The molecular weight excluding hydrogens is 349 g/mol. The van der Waals surface area contributed by atoms with Gasteiger partial charge in [-0.15, -0.1) is 0 Å². The highest BCUT2D eigenvalue weighted by atomic mass is 19.4. The third-order valence-electron chi connectivity index (χ3n) is 3.33. The van der Waals surface area contributed by atoms with Gasteiger partial charge < -0.3 is 15.4 Å². The second-order valence-corrected chi connectivity index (χ2v) is 5.24. The molecule has 0 radical (unpaired) electrons. The molecule has 0 saturated heterocycles. The van der Waals surface area contributed by atoms with Crippen LogP contribution in [0.3, 0.4) is 0 Å². The van der Waals surface area contributed by atoms with E-state index in [1.807, 2.05) is 0 Å². The lowest BCUT2D eigenvalue weighted by atomic mass is 10.1. The van der Waals surface area contributed by atoms with E-state index in [9.17, 15) is 22.8 Å². The van der Waals surface area contributed by atoms with E-state index < -0.39 is 30.0 Å². The first-order chi connectivity index (χ1) is 12.3. The highest BCUT2D eigenvalue weighted by molar-refractivity contribution is 6.04. The molecule has 0 spiro atoms. The number of amides is 2. The number of ether oxygens (including phenoxy) is 1. The molecular formula is C18H17F3N2O3. The Bertz CT molecular complexity index is 791. The van der Waals surface area contributed by atoms with Crippen molar-refractivity contribution in [3.8, 4) is 5.75 Å². The minimum Gasteiger partial charge on any atom is -0.483 e. The van der Waals surface area contributed by atoms with E-state index in [1.165, 1.54) is 24.3 Å². The summed E-state index contributed by atoms with van der Waals surface area (Å²) < 4.78 is 43.7. The molecule has 0 unspecified atom stereocenters. The summed E-state index contributed by atoms with van der Waals surface area (Å²) in [7, 11) is 0. The van der Waals surface area contributed by atoms with Gasteiger partial charge in [0.1, 0.15) is 5.75 Å². The lowest BCUT2D eigenvalue weighted by molar-refractivity contribution is -0.139. The summed E-state index contributed by atoms with van der Waals surface area (Å²) in [5.74, 6) is -1.49. The first kappa shape index (κ1) is 19.3. The third kappa shape index (κ3) is 4.98. The molecule has 0 aliphatic rings. The number of alkyl halides is 3. The van der Waals surface area contributed by atoms with Crippen molar-refractivity contribution in [2.24, 2.45) is 0 Å². The Morgan fingerprint density at radius 3 is 2.38 bits per heavy atom. The number of hydrogen-bond acceptors (Lipinski definition) is 3. The monoisotopic (exact) mass is 366 g/mol. The summed E-state index contributed by atoms with van der Waals surface area (Å²) in [6.45, 7) is 1.54. The fraction of sp³-hybridized carbons (Fsp3) is 0.222. The van der Waals surface area contributed by atoms with Gasteiger partial charge in [0.25, 0.3) is 11.8 Å². The molecule has 26 heavy (non-hydrogen) atoms. The van der Waals surface area contributed by atoms with Gasteiger partial charge in [-0.2, -0.15) is 13.2 Å². The Morgan fingerprint density at radius 1 is 1.04 bits per heavy atom. The Balaban J connectivity index is 2.06. The van der Waals surface area contributed by atoms with Crippen LogP contribution in [-0.4, -0.2) is 25.0 Å². The largest absolute Gasteiger partial charge is 0.483 e. The van der Waals surface area contributed by atoms with Gasteiger partial charge in [0.15, 0.2) is 6.61 Å². The molecule has 2 N–H and O–H groups in total. The highest BCUT2D eigenvalue weighted by Gasteiger charge is 2.34. The molecule has 2 aromatic carbocycles. The van der Waals surface area contributed by atoms with Crippen molar-refractivity contribution in [2.75, 3.05) is 18.5 Å². The average molecular weight is 366 g/mol. The molecule has 0 aromatic heterocycles. The SMILES string of the molecule is CCNC(=O)c1ccccc1NC(=O)COc1ccccc1C(F)(F)F. The number of carbonyl (C=O) groups is 2. The number of anilines is 1. The number of para-hydroxylation sites is 2. The van der Waals surface area contributed by atoms with Crippen LogP contribution in [0, 0.1) is 0 Å². The van der Waals surface area contributed by atoms with Crippen molar-refractivity contribution in [3.05, 3.63) is 59.7 Å². The van der Waals surface area contributed by atoms with Gasteiger partial charge in [0, 0.05) is 6.54 Å². The fourth-order valence-electron chi connectivity index (χ4n) is 2.20. The number of carbonyl (C=O) groups excluding carboxylic acids is 2. The van der Waals surface area contributed by atoms with Crippen LogP contribution in [0.4, 0.5) is 18.9 Å². The van der Waals surface area contributed by atoms with Gasteiger partial charge in [-0.3, -0.25) is 9.59 Å². The Hall–Kier alpha value is -3.03. The number of nitrogens with one attached hydrogen (secondary N) is 2. The molecule has 0 heterocycles. The molecule has 0 atom stereocenters. The summed E-state index contributed by atoms with van der Waals surface area (Å²) >= 11 is 0. The van der Waals surface area contributed by atoms with Gasteiger partial charge in [0.05, 0.1) is 16.8 Å². The first-order valence-corrected chi connectivity index (χ1v) is 7.79. The van der Waals surface area contributed by atoms with Gasteiger partial charge in [0.2, 0.25) is 0 Å². The topological polar surface area (TPSA) is 67.4 Å². The maximum absolute atomic E-state index is 12.9. The van der Waals surface area contributed by atoms with E-state index in [4.69, 9.17) is 4.74 Å². The lowest BCUT2D eigenvalue weighted by Crippen LogP contribution is -2.26. The Morgan fingerprint density at radius 2 is 1.69 bits per heavy atom. The predicted molar refractivity (Wildman–Crippen MR) is 90.0 cm³/mol.